The number of carbonyl (C=O) groups excluding carboxylic acids is 1. The number of thiazole rings is 1. The lowest BCUT2D eigenvalue weighted by molar-refractivity contribution is -0.120. The maximum absolute atomic E-state index is 12.3. The van der Waals surface area contributed by atoms with Crippen LogP contribution in [0.1, 0.15) is 6.42 Å². The summed E-state index contributed by atoms with van der Waals surface area (Å²) < 4.78 is 27.8. The molecule has 3 aromatic rings. The number of amides is 1. The lowest BCUT2D eigenvalue weighted by Gasteiger charge is -2.30. The minimum Gasteiger partial charge on any atom is -0.354 e. The zero-order valence-corrected chi connectivity index (χ0v) is 19.8. The number of anilines is 2. The molecule has 0 aromatic carbocycles. The molecule has 1 amide bonds. The molecule has 0 saturated carbocycles. The van der Waals surface area contributed by atoms with Crippen LogP contribution in [-0.4, -0.2) is 91.3 Å². The van der Waals surface area contributed by atoms with Crippen molar-refractivity contribution >= 4 is 49.5 Å². The van der Waals surface area contributed by atoms with Crippen molar-refractivity contribution in [3.8, 4) is 10.6 Å². The van der Waals surface area contributed by atoms with Crippen molar-refractivity contribution in [3.63, 3.8) is 0 Å². The molecular weight excluding hydrogens is 466 g/mol. The molecule has 1 atom stereocenters. The average molecular weight is 490 g/mol. The highest BCUT2D eigenvalue weighted by molar-refractivity contribution is 7.86. The van der Waals surface area contributed by atoms with Crippen molar-refractivity contribution in [3.05, 3.63) is 24.5 Å². The Morgan fingerprint density at radius 3 is 2.70 bits per heavy atom. The number of piperazine rings is 1. The largest absolute Gasteiger partial charge is 0.354 e. The quantitative estimate of drug-likeness (QED) is 0.479. The number of hydrogen-bond acceptors (Lipinski definition) is 11. The highest BCUT2D eigenvalue weighted by atomic mass is 32.2. The maximum Gasteiger partial charge on any atom is 0.264 e. The Labute approximate surface area is 195 Å². The summed E-state index contributed by atoms with van der Waals surface area (Å²) in [6.07, 6.45) is 4.74. The van der Waals surface area contributed by atoms with Gasteiger partial charge in [-0.1, -0.05) is 11.3 Å². The fourth-order valence-corrected chi connectivity index (χ4v) is 5.49. The van der Waals surface area contributed by atoms with Crippen LogP contribution in [0.5, 0.6) is 0 Å². The van der Waals surface area contributed by atoms with Crippen LogP contribution in [0.3, 0.4) is 0 Å². The maximum atomic E-state index is 12.3. The van der Waals surface area contributed by atoms with Gasteiger partial charge in [0.05, 0.1) is 25.1 Å². The predicted molar refractivity (Wildman–Crippen MR) is 125 cm³/mol. The molecule has 0 aliphatic carbocycles. The molecule has 0 bridgehead atoms. The number of fused-ring (bicyclic) bond motifs is 1. The van der Waals surface area contributed by atoms with E-state index in [1.165, 1.54) is 11.3 Å². The minimum absolute atomic E-state index is 0.0151. The minimum atomic E-state index is -3.47. The second-order valence-electron chi connectivity index (χ2n) is 8.22. The zero-order chi connectivity index (χ0) is 23.2. The fourth-order valence-electron chi connectivity index (χ4n) is 3.94. The molecular formula is C20H23N7O4S2. The van der Waals surface area contributed by atoms with E-state index in [2.05, 4.69) is 19.9 Å². The van der Waals surface area contributed by atoms with Crippen LogP contribution in [0.15, 0.2) is 24.5 Å². The van der Waals surface area contributed by atoms with Gasteiger partial charge in [0, 0.05) is 37.9 Å². The Morgan fingerprint density at radius 2 is 1.97 bits per heavy atom. The first-order valence-electron chi connectivity index (χ1n) is 10.5. The Balaban J connectivity index is 1.32. The molecule has 0 radical (unpaired) electrons. The first-order valence-corrected chi connectivity index (χ1v) is 13.1. The van der Waals surface area contributed by atoms with Crippen molar-refractivity contribution in [1.82, 2.24) is 24.8 Å². The molecule has 0 unspecified atom stereocenters. The summed E-state index contributed by atoms with van der Waals surface area (Å²) in [5.41, 5.74) is 1.52. The monoisotopic (exact) mass is 489 g/mol. The smallest absolute Gasteiger partial charge is 0.264 e. The number of rotatable bonds is 5. The number of likely N-dealkylation sites (N-methyl/N-ethyl adjacent to an activating group) is 1. The van der Waals surface area contributed by atoms with E-state index < -0.39 is 10.1 Å². The number of carbonyl (C=O) groups is 1. The lowest BCUT2D eigenvalue weighted by atomic mass is 10.3. The van der Waals surface area contributed by atoms with E-state index in [0.29, 0.717) is 48.9 Å². The van der Waals surface area contributed by atoms with Gasteiger partial charge < -0.3 is 4.90 Å². The van der Waals surface area contributed by atoms with Crippen LogP contribution >= 0.6 is 11.3 Å². The van der Waals surface area contributed by atoms with E-state index in [1.807, 2.05) is 29.0 Å². The Morgan fingerprint density at radius 1 is 1.12 bits per heavy atom. The van der Waals surface area contributed by atoms with Crippen molar-refractivity contribution in [2.75, 3.05) is 55.8 Å². The molecule has 2 fully saturated rings. The summed E-state index contributed by atoms with van der Waals surface area (Å²) in [5, 5.41) is 0.764. The molecule has 0 spiro atoms. The van der Waals surface area contributed by atoms with Crippen molar-refractivity contribution in [1.29, 1.82) is 0 Å². The van der Waals surface area contributed by atoms with Crippen molar-refractivity contribution < 1.29 is 17.4 Å². The Hall–Kier alpha value is -2.74. The summed E-state index contributed by atoms with van der Waals surface area (Å²) in [6.45, 7) is 2.84. The first kappa shape index (κ1) is 22.1. The molecule has 11 nitrogen and oxygen atoms in total. The Kier molecular flexibility index (Phi) is 5.72. The number of hydrogen-bond donors (Lipinski definition) is 0. The van der Waals surface area contributed by atoms with E-state index in [4.69, 9.17) is 4.18 Å². The third-order valence-electron chi connectivity index (χ3n) is 5.57. The highest BCUT2D eigenvalue weighted by Gasteiger charge is 2.27. The van der Waals surface area contributed by atoms with E-state index in [-0.39, 0.29) is 12.0 Å². The summed E-state index contributed by atoms with van der Waals surface area (Å²) in [6, 6.07) is 3.83. The molecule has 5 heterocycles. The average Bonchev–Trinajstić information content (AvgIpc) is 3.39. The van der Waals surface area contributed by atoms with E-state index in [9.17, 15) is 13.2 Å². The van der Waals surface area contributed by atoms with Gasteiger partial charge in [0.15, 0.2) is 0 Å². The molecule has 2 aliphatic rings. The van der Waals surface area contributed by atoms with Crippen LogP contribution < -0.4 is 9.80 Å². The van der Waals surface area contributed by atoms with Crippen LogP contribution in [-0.2, 0) is 19.1 Å². The predicted octanol–water partition coefficient (Wildman–Crippen LogP) is 0.982. The van der Waals surface area contributed by atoms with E-state index in [0.717, 1.165) is 29.2 Å². The topological polar surface area (TPSA) is 122 Å². The standard InChI is InChI=1S/C20H23N7O4S2/c1-25-7-8-27(17(28)12-25)20-22-10-15-19(24-20)32-18(23-15)13-3-4-16(21-9-13)26-6-5-14(11-26)31-33(2,29)30/h3-4,9-10,14H,5-8,11-12H2,1-2H3/t14-/m0/s1. The van der Waals surface area contributed by atoms with Gasteiger partial charge >= 0.3 is 0 Å². The molecule has 3 aromatic heterocycles. The van der Waals surface area contributed by atoms with Gasteiger partial charge in [-0.25, -0.2) is 15.0 Å². The van der Waals surface area contributed by atoms with Crippen molar-refractivity contribution in [2.45, 2.75) is 12.5 Å². The molecule has 0 N–H and O–H groups in total. The van der Waals surface area contributed by atoms with Crippen LogP contribution in [0.2, 0.25) is 0 Å². The number of nitrogens with zero attached hydrogens (tertiary/aromatic N) is 7. The van der Waals surface area contributed by atoms with Gasteiger partial charge in [0.1, 0.15) is 21.2 Å². The van der Waals surface area contributed by atoms with Gasteiger partial charge in [0.25, 0.3) is 10.1 Å². The highest BCUT2D eigenvalue weighted by Crippen LogP contribution is 2.31. The summed E-state index contributed by atoms with van der Waals surface area (Å²) in [4.78, 5) is 36.7. The normalized spacial score (nSPS) is 20.2. The third kappa shape index (κ3) is 4.81. The van der Waals surface area contributed by atoms with Gasteiger partial charge in [0.2, 0.25) is 11.9 Å². The third-order valence-corrected chi connectivity index (χ3v) is 7.20. The first-order chi connectivity index (χ1) is 15.7. The van der Waals surface area contributed by atoms with Gasteiger partial charge in [-0.15, -0.1) is 0 Å². The van der Waals surface area contributed by atoms with E-state index >= 15 is 0 Å². The van der Waals surface area contributed by atoms with Crippen LogP contribution in [0.25, 0.3) is 20.9 Å². The fraction of sp³-hybridized carbons (Fsp3) is 0.450. The van der Waals surface area contributed by atoms with Gasteiger partial charge in [-0.2, -0.15) is 13.4 Å². The SMILES string of the molecule is CN1CCN(c2ncc3nc(-c4ccc(N5CC[C@H](OS(C)(=O)=O)C5)nc4)sc3n2)C(=O)C1. The molecule has 2 saturated heterocycles. The molecule has 2 aliphatic heterocycles. The lowest BCUT2D eigenvalue weighted by Crippen LogP contribution is -2.49. The van der Waals surface area contributed by atoms with Crippen molar-refractivity contribution in [2.24, 2.45) is 0 Å². The summed E-state index contributed by atoms with van der Waals surface area (Å²) in [5.74, 6) is 1.15. The number of pyridine rings is 1. The summed E-state index contributed by atoms with van der Waals surface area (Å²) in [7, 11) is -1.56. The van der Waals surface area contributed by atoms with Gasteiger partial charge in [-0.05, 0) is 25.6 Å². The second kappa shape index (κ2) is 8.56. The van der Waals surface area contributed by atoms with E-state index in [1.54, 1.807) is 17.3 Å². The van der Waals surface area contributed by atoms with Crippen LogP contribution in [0, 0.1) is 0 Å². The Bertz CT molecular complexity index is 1300. The molecule has 33 heavy (non-hydrogen) atoms. The van der Waals surface area contributed by atoms with Crippen LogP contribution in [0.4, 0.5) is 11.8 Å². The zero-order valence-electron chi connectivity index (χ0n) is 18.2. The molecule has 174 valence electrons. The number of aromatic nitrogens is 4. The summed E-state index contributed by atoms with van der Waals surface area (Å²) >= 11 is 1.42. The second-order valence-corrected chi connectivity index (χ2v) is 10.8. The molecule has 13 heteroatoms. The molecule has 5 rings (SSSR count). The van der Waals surface area contributed by atoms with Gasteiger partial charge in [-0.3, -0.25) is 18.8 Å².